The van der Waals surface area contributed by atoms with Crippen molar-refractivity contribution in [2.45, 2.75) is 32.2 Å². The highest BCUT2D eigenvalue weighted by molar-refractivity contribution is 5.56. The van der Waals surface area contributed by atoms with Gasteiger partial charge >= 0.3 is 0 Å². The first-order valence-corrected chi connectivity index (χ1v) is 6.40. The molecule has 0 aromatic heterocycles. The van der Waals surface area contributed by atoms with Crippen LogP contribution in [0.25, 0.3) is 0 Å². The summed E-state index contributed by atoms with van der Waals surface area (Å²) >= 11 is 0. The van der Waals surface area contributed by atoms with Crippen LogP contribution in [0.4, 0.5) is 20.2 Å². The normalized spacial score (nSPS) is 20.7. The van der Waals surface area contributed by atoms with Gasteiger partial charge in [0.25, 0.3) is 12.1 Å². The van der Waals surface area contributed by atoms with Gasteiger partial charge in [-0.15, -0.1) is 0 Å². The first-order chi connectivity index (χ1) is 9.78. The summed E-state index contributed by atoms with van der Waals surface area (Å²) in [4.78, 5) is 9.93. The minimum atomic E-state index is -2.80. The van der Waals surface area contributed by atoms with Crippen LogP contribution >= 0.6 is 0 Å². The van der Waals surface area contributed by atoms with E-state index in [1.807, 2.05) is 0 Å². The van der Waals surface area contributed by atoms with Gasteiger partial charge < -0.3 is 14.8 Å². The Morgan fingerprint density at radius 1 is 1.52 bits per heavy atom. The van der Waals surface area contributed by atoms with Gasteiger partial charge in [0.05, 0.1) is 11.5 Å². The molecule has 6 nitrogen and oxygen atoms in total. The smallest absolute Gasteiger partial charge is 0.270 e. The Morgan fingerprint density at radius 3 is 2.76 bits per heavy atom. The highest BCUT2D eigenvalue weighted by atomic mass is 19.3. The fourth-order valence-corrected chi connectivity index (χ4v) is 2.09. The molecule has 0 amide bonds. The van der Waals surface area contributed by atoms with E-state index in [9.17, 15) is 18.9 Å². The van der Waals surface area contributed by atoms with Crippen LogP contribution in [-0.4, -0.2) is 30.0 Å². The maximum atomic E-state index is 13.0. The molecule has 21 heavy (non-hydrogen) atoms. The Hall–Kier alpha value is -1.80. The lowest BCUT2D eigenvalue weighted by Gasteiger charge is -2.18. The molecule has 0 aliphatic carbocycles. The van der Waals surface area contributed by atoms with E-state index in [-0.39, 0.29) is 24.0 Å². The lowest BCUT2D eigenvalue weighted by atomic mass is 10.1. The van der Waals surface area contributed by atoms with E-state index in [0.717, 1.165) is 6.07 Å². The number of nitrogens with zero attached hydrogens (tertiary/aromatic N) is 1. The second kappa shape index (κ2) is 5.90. The number of nitro benzene ring substituents is 1. The number of alkyl halides is 2. The second-order valence-corrected chi connectivity index (χ2v) is 5.16. The van der Waals surface area contributed by atoms with Crippen molar-refractivity contribution in [3.8, 4) is 0 Å². The third kappa shape index (κ3) is 3.85. The summed E-state index contributed by atoms with van der Waals surface area (Å²) < 4.78 is 36.9. The van der Waals surface area contributed by atoms with Gasteiger partial charge in [-0.1, -0.05) is 0 Å². The molecule has 1 N–H and O–H groups in total. The van der Waals surface area contributed by atoms with Crippen LogP contribution in [0.2, 0.25) is 0 Å². The molecule has 1 aliphatic heterocycles. The summed E-state index contributed by atoms with van der Waals surface area (Å²) in [5.74, 6) is -0.687. The number of hydrogen-bond acceptors (Lipinski definition) is 5. The highest BCUT2D eigenvalue weighted by Gasteiger charge is 2.32. The largest absolute Gasteiger partial charge is 0.382 e. The molecule has 1 atom stereocenters. The molecule has 0 bridgehead atoms. The Kier molecular flexibility index (Phi) is 4.38. The van der Waals surface area contributed by atoms with Gasteiger partial charge in [0.2, 0.25) is 0 Å². The summed E-state index contributed by atoms with van der Waals surface area (Å²) in [5, 5.41) is 13.5. The molecule has 1 aliphatic rings. The highest BCUT2D eigenvalue weighted by Crippen LogP contribution is 2.31. The number of hydrogen-bond donors (Lipinski definition) is 1. The van der Waals surface area contributed by atoms with Crippen molar-refractivity contribution in [1.29, 1.82) is 0 Å². The van der Waals surface area contributed by atoms with E-state index in [1.54, 1.807) is 13.8 Å². The SMILES string of the molecule is CC1(C)OCC(CNc2ccc([N+](=O)[O-])cc2C(F)F)O1. The topological polar surface area (TPSA) is 73.6 Å². The Morgan fingerprint density at radius 2 is 2.24 bits per heavy atom. The van der Waals surface area contributed by atoms with Crippen LogP contribution in [0.3, 0.4) is 0 Å². The first kappa shape index (κ1) is 15.6. The average Bonchev–Trinajstić information content (AvgIpc) is 2.75. The number of halogens is 2. The minimum Gasteiger partial charge on any atom is -0.382 e. The molecule has 0 spiro atoms. The number of ether oxygens (including phenoxy) is 2. The quantitative estimate of drug-likeness (QED) is 0.668. The molecular weight excluding hydrogens is 286 g/mol. The van der Waals surface area contributed by atoms with Crippen molar-refractivity contribution >= 4 is 11.4 Å². The van der Waals surface area contributed by atoms with Gasteiger partial charge in [0, 0.05) is 29.9 Å². The van der Waals surface area contributed by atoms with Crippen LogP contribution in [0.15, 0.2) is 18.2 Å². The summed E-state index contributed by atoms with van der Waals surface area (Å²) in [5.41, 5.74) is -0.608. The molecule has 1 aromatic rings. The van der Waals surface area contributed by atoms with Gasteiger partial charge in [0.1, 0.15) is 6.10 Å². The zero-order valence-corrected chi connectivity index (χ0v) is 11.6. The lowest BCUT2D eigenvalue weighted by Crippen LogP contribution is -2.26. The second-order valence-electron chi connectivity index (χ2n) is 5.16. The summed E-state index contributed by atoms with van der Waals surface area (Å²) in [6.07, 6.45) is -3.06. The van der Waals surface area contributed by atoms with Crippen LogP contribution in [0.1, 0.15) is 25.8 Å². The molecule has 0 radical (unpaired) electrons. The van der Waals surface area contributed by atoms with E-state index in [0.29, 0.717) is 6.61 Å². The number of anilines is 1. The third-order valence-corrected chi connectivity index (χ3v) is 3.07. The number of benzene rings is 1. The molecule has 116 valence electrons. The van der Waals surface area contributed by atoms with E-state index >= 15 is 0 Å². The van der Waals surface area contributed by atoms with Gasteiger partial charge in [0.15, 0.2) is 5.79 Å². The van der Waals surface area contributed by atoms with E-state index in [4.69, 9.17) is 9.47 Å². The van der Waals surface area contributed by atoms with Gasteiger partial charge in [-0.25, -0.2) is 8.78 Å². The fourth-order valence-electron chi connectivity index (χ4n) is 2.09. The predicted octanol–water partition coefficient (Wildman–Crippen LogP) is 3.10. The van der Waals surface area contributed by atoms with Crippen LogP contribution < -0.4 is 5.32 Å². The molecule has 1 heterocycles. The number of rotatable bonds is 5. The monoisotopic (exact) mass is 302 g/mol. The van der Waals surface area contributed by atoms with Crippen LogP contribution in [0, 0.1) is 10.1 Å². The zero-order valence-electron chi connectivity index (χ0n) is 11.6. The zero-order chi connectivity index (χ0) is 15.6. The standard InChI is InChI=1S/C13H16F2N2O4/c1-13(2)20-7-9(21-13)6-16-11-4-3-8(17(18)19)5-10(11)12(14)15/h3-5,9,12,16H,6-7H2,1-2H3. The Bertz CT molecular complexity index is 537. The first-order valence-electron chi connectivity index (χ1n) is 6.40. The van der Waals surface area contributed by atoms with Crippen molar-refractivity contribution in [1.82, 2.24) is 0 Å². The van der Waals surface area contributed by atoms with Crippen LogP contribution in [0.5, 0.6) is 0 Å². The van der Waals surface area contributed by atoms with Gasteiger partial charge in [-0.3, -0.25) is 10.1 Å². The molecule has 1 fully saturated rings. The van der Waals surface area contributed by atoms with Crippen molar-refractivity contribution < 1.29 is 23.2 Å². The molecule has 0 saturated carbocycles. The van der Waals surface area contributed by atoms with E-state index in [2.05, 4.69) is 5.32 Å². The maximum Gasteiger partial charge on any atom is 0.270 e. The maximum absolute atomic E-state index is 13.0. The Labute approximate surface area is 120 Å². The number of non-ortho nitro benzene ring substituents is 1. The lowest BCUT2D eigenvalue weighted by molar-refractivity contribution is -0.385. The predicted molar refractivity (Wildman–Crippen MR) is 71.4 cm³/mol. The van der Waals surface area contributed by atoms with Crippen molar-refractivity contribution in [2.24, 2.45) is 0 Å². The van der Waals surface area contributed by atoms with Gasteiger partial charge in [-0.05, 0) is 19.9 Å². The number of nitro groups is 1. The van der Waals surface area contributed by atoms with E-state index in [1.165, 1.54) is 12.1 Å². The molecule has 8 heteroatoms. The van der Waals surface area contributed by atoms with Crippen molar-refractivity contribution in [2.75, 3.05) is 18.5 Å². The Balaban J connectivity index is 2.07. The van der Waals surface area contributed by atoms with E-state index < -0.39 is 22.7 Å². The average molecular weight is 302 g/mol. The molecular formula is C13H16F2N2O4. The van der Waals surface area contributed by atoms with Crippen molar-refractivity contribution in [3.05, 3.63) is 33.9 Å². The molecule has 2 rings (SSSR count). The van der Waals surface area contributed by atoms with Crippen LogP contribution in [-0.2, 0) is 9.47 Å². The third-order valence-electron chi connectivity index (χ3n) is 3.07. The van der Waals surface area contributed by atoms with Gasteiger partial charge in [-0.2, -0.15) is 0 Å². The molecule has 1 unspecified atom stereocenters. The summed E-state index contributed by atoms with van der Waals surface area (Å²) in [7, 11) is 0. The summed E-state index contributed by atoms with van der Waals surface area (Å²) in [6.45, 7) is 4.17. The van der Waals surface area contributed by atoms with Crippen molar-refractivity contribution in [3.63, 3.8) is 0 Å². The summed E-state index contributed by atoms with van der Waals surface area (Å²) in [6, 6.07) is 3.34. The number of nitrogens with one attached hydrogen (secondary N) is 1. The molecule has 1 saturated heterocycles. The minimum absolute atomic E-state index is 0.156. The molecule has 1 aromatic carbocycles. The fraction of sp³-hybridized carbons (Fsp3) is 0.538.